The second-order valence-electron chi connectivity index (χ2n) is 7.86. The summed E-state index contributed by atoms with van der Waals surface area (Å²) in [7, 11) is 0. The molecule has 0 bridgehead atoms. The summed E-state index contributed by atoms with van der Waals surface area (Å²) < 4.78 is 0. The number of rotatable bonds is 7. The number of hydrogen-bond donors (Lipinski definition) is 0. The number of nitriles is 2. The van der Waals surface area contributed by atoms with E-state index in [2.05, 4.69) is 48.4 Å². The molecule has 4 aromatic rings. The third-order valence-corrected chi connectivity index (χ3v) is 5.60. The molecule has 4 rings (SSSR count). The predicted octanol–water partition coefficient (Wildman–Crippen LogP) is 8.16. The Kier molecular flexibility index (Phi) is 7.02. The number of benzene rings is 4. The molecule has 0 unspecified atom stereocenters. The molecule has 4 aromatic carbocycles. The van der Waals surface area contributed by atoms with Crippen LogP contribution in [0.4, 0.5) is 11.4 Å². The summed E-state index contributed by atoms with van der Waals surface area (Å²) in [5, 5.41) is 18.9. The molecule has 0 saturated carbocycles. The zero-order valence-electron chi connectivity index (χ0n) is 19.2. The van der Waals surface area contributed by atoms with E-state index in [1.165, 1.54) is 0 Å². The second-order valence-corrected chi connectivity index (χ2v) is 7.86. The molecule has 0 amide bonds. The number of hydrogen-bond acceptors (Lipinski definition) is 3. The smallest absolute Gasteiger partial charge is 0.0991 e. The summed E-state index contributed by atoms with van der Waals surface area (Å²) in [6.45, 7) is 7.90. The summed E-state index contributed by atoms with van der Waals surface area (Å²) in [5.41, 5.74) is 7.74. The first-order chi connectivity index (χ1) is 17.2. The standard InChI is InChI=1S/C32H23N3/c1-3-10-30(4-2)35(31-15-6-5-7-16-31)32-20-28(26-13-8-11-24(17-26)22-33)19-29(21-32)27-14-9-12-25(18-27)23-34/h3-21H,1-2H2/b30-10+. The minimum atomic E-state index is 0.596. The second kappa shape index (κ2) is 10.7. The summed E-state index contributed by atoms with van der Waals surface area (Å²) in [5.74, 6) is 0. The van der Waals surface area contributed by atoms with E-state index < -0.39 is 0 Å². The first-order valence-corrected chi connectivity index (χ1v) is 11.1. The van der Waals surface area contributed by atoms with Crippen molar-refractivity contribution in [3.05, 3.63) is 145 Å². The van der Waals surface area contributed by atoms with Crippen molar-refractivity contribution in [1.82, 2.24) is 0 Å². The molecule has 0 aliphatic heterocycles. The van der Waals surface area contributed by atoms with Crippen molar-refractivity contribution in [2.45, 2.75) is 0 Å². The Bertz CT molecular complexity index is 1420. The van der Waals surface area contributed by atoms with Gasteiger partial charge in [-0.15, -0.1) is 0 Å². The fourth-order valence-corrected chi connectivity index (χ4v) is 3.99. The Morgan fingerprint density at radius 3 is 1.69 bits per heavy atom. The minimum absolute atomic E-state index is 0.596. The van der Waals surface area contributed by atoms with Gasteiger partial charge in [0.05, 0.1) is 23.3 Å². The Labute approximate surface area is 206 Å². The molecular formula is C32H23N3. The summed E-state index contributed by atoms with van der Waals surface area (Å²) >= 11 is 0. The maximum Gasteiger partial charge on any atom is 0.0991 e. The first-order valence-electron chi connectivity index (χ1n) is 11.1. The molecule has 0 radical (unpaired) electrons. The van der Waals surface area contributed by atoms with Gasteiger partial charge in [-0.2, -0.15) is 10.5 Å². The van der Waals surface area contributed by atoms with Gasteiger partial charge < -0.3 is 4.90 Å². The number of para-hydroxylation sites is 1. The topological polar surface area (TPSA) is 50.8 Å². The van der Waals surface area contributed by atoms with Crippen molar-refractivity contribution in [2.75, 3.05) is 4.90 Å². The van der Waals surface area contributed by atoms with E-state index in [1.54, 1.807) is 24.3 Å². The van der Waals surface area contributed by atoms with E-state index in [1.807, 2.05) is 72.8 Å². The Morgan fingerprint density at radius 2 is 1.20 bits per heavy atom. The van der Waals surface area contributed by atoms with Gasteiger partial charge in [0.25, 0.3) is 0 Å². The highest BCUT2D eigenvalue weighted by Gasteiger charge is 2.16. The van der Waals surface area contributed by atoms with Crippen molar-refractivity contribution in [3.8, 4) is 34.4 Å². The molecular weight excluding hydrogens is 426 g/mol. The molecule has 35 heavy (non-hydrogen) atoms. The molecule has 0 aromatic heterocycles. The maximum atomic E-state index is 9.44. The van der Waals surface area contributed by atoms with Crippen LogP contribution in [0.25, 0.3) is 22.3 Å². The lowest BCUT2D eigenvalue weighted by atomic mass is 9.95. The largest absolute Gasteiger partial charge is 0.310 e. The number of allylic oxidation sites excluding steroid dienone is 3. The van der Waals surface area contributed by atoms with Crippen molar-refractivity contribution in [2.24, 2.45) is 0 Å². The van der Waals surface area contributed by atoms with Crippen LogP contribution >= 0.6 is 0 Å². The van der Waals surface area contributed by atoms with Gasteiger partial charge in [0.2, 0.25) is 0 Å². The highest BCUT2D eigenvalue weighted by atomic mass is 15.1. The van der Waals surface area contributed by atoms with Crippen LogP contribution in [-0.2, 0) is 0 Å². The Morgan fingerprint density at radius 1 is 0.629 bits per heavy atom. The van der Waals surface area contributed by atoms with Gasteiger partial charge in [-0.1, -0.05) is 61.7 Å². The minimum Gasteiger partial charge on any atom is -0.310 e. The van der Waals surface area contributed by atoms with Gasteiger partial charge in [-0.3, -0.25) is 0 Å². The molecule has 0 saturated heterocycles. The van der Waals surface area contributed by atoms with E-state index in [4.69, 9.17) is 0 Å². The fraction of sp³-hybridized carbons (Fsp3) is 0. The quantitative estimate of drug-likeness (QED) is 0.267. The predicted molar refractivity (Wildman–Crippen MR) is 144 cm³/mol. The van der Waals surface area contributed by atoms with Crippen molar-refractivity contribution < 1.29 is 0 Å². The molecule has 0 aliphatic carbocycles. The molecule has 0 aliphatic rings. The van der Waals surface area contributed by atoms with E-state index in [0.29, 0.717) is 11.1 Å². The van der Waals surface area contributed by atoms with Crippen LogP contribution < -0.4 is 4.90 Å². The van der Waals surface area contributed by atoms with Crippen LogP contribution in [0, 0.1) is 22.7 Å². The molecule has 0 heterocycles. The van der Waals surface area contributed by atoms with Gasteiger partial charge in [-0.25, -0.2) is 0 Å². The van der Waals surface area contributed by atoms with Gasteiger partial charge in [0, 0.05) is 17.1 Å². The van der Waals surface area contributed by atoms with Crippen molar-refractivity contribution in [3.63, 3.8) is 0 Å². The van der Waals surface area contributed by atoms with E-state index >= 15 is 0 Å². The number of anilines is 2. The van der Waals surface area contributed by atoms with Crippen LogP contribution in [0.15, 0.2) is 134 Å². The fourth-order valence-electron chi connectivity index (χ4n) is 3.99. The highest BCUT2D eigenvalue weighted by Crippen LogP contribution is 2.37. The van der Waals surface area contributed by atoms with E-state index in [9.17, 15) is 10.5 Å². The molecule has 166 valence electrons. The molecule has 0 N–H and O–H groups in total. The van der Waals surface area contributed by atoms with Gasteiger partial charge >= 0.3 is 0 Å². The van der Waals surface area contributed by atoms with Gasteiger partial charge in [0.15, 0.2) is 0 Å². The highest BCUT2D eigenvalue weighted by molar-refractivity contribution is 5.83. The lowest BCUT2D eigenvalue weighted by Crippen LogP contribution is -2.15. The van der Waals surface area contributed by atoms with Crippen LogP contribution in [0.5, 0.6) is 0 Å². The Hall–Kier alpha value is -5.12. The average molecular weight is 450 g/mol. The number of nitrogens with zero attached hydrogens (tertiary/aromatic N) is 3. The summed E-state index contributed by atoms with van der Waals surface area (Å²) in [6.07, 6.45) is 5.46. The van der Waals surface area contributed by atoms with E-state index in [-0.39, 0.29) is 0 Å². The lowest BCUT2D eigenvalue weighted by molar-refractivity contribution is 1.21. The van der Waals surface area contributed by atoms with Crippen LogP contribution in [0.2, 0.25) is 0 Å². The summed E-state index contributed by atoms with van der Waals surface area (Å²) in [6, 6.07) is 35.9. The van der Waals surface area contributed by atoms with Crippen LogP contribution in [0.3, 0.4) is 0 Å². The van der Waals surface area contributed by atoms with E-state index in [0.717, 1.165) is 39.3 Å². The summed E-state index contributed by atoms with van der Waals surface area (Å²) in [4.78, 5) is 2.12. The van der Waals surface area contributed by atoms with Gasteiger partial charge in [-0.05, 0) is 89.0 Å². The normalized spacial score (nSPS) is 10.6. The third-order valence-electron chi connectivity index (χ3n) is 5.60. The average Bonchev–Trinajstić information content (AvgIpc) is 2.93. The SMILES string of the molecule is C=C/C=C(\C=C)N(c1ccccc1)c1cc(-c2cccc(C#N)c2)cc(-c2cccc(C#N)c2)c1. The van der Waals surface area contributed by atoms with Crippen molar-refractivity contribution in [1.29, 1.82) is 10.5 Å². The molecule has 0 atom stereocenters. The van der Waals surface area contributed by atoms with Crippen molar-refractivity contribution >= 4 is 11.4 Å². The monoisotopic (exact) mass is 449 g/mol. The van der Waals surface area contributed by atoms with Gasteiger partial charge in [0.1, 0.15) is 0 Å². The Balaban J connectivity index is 2.01. The third kappa shape index (κ3) is 5.11. The van der Waals surface area contributed by atoms with Crippen LogP contribution in [-0.4, -0.2) is 0 Å². The zero-order chi connectivity index (χ0) is 24.6. The molecule has 0 fully saturated rings. The van der Waals surface area contributed by atoms with Crippen LogP contribution in [0.1, 0.15) is 11.1 Å². The lowest BCUT2D eigenvalue weighted by Gasteiger charge is -2.27. The maximum absolute atomic E-state index is 9.44. The molecule has 3 nitrogen and oxygen atoms in total. The molecule has 3 heteroatoms. The first kappa shape index (κ1) is 23.1. The molecule has 0 spiro atoms. The zero-order valence-corrected chi connectivity index (χ0v) is 19.2.